The van der Waals surface area contributed by atoms with Crippen LogP contribution in [-0.4, -0.2) is 53.3 Å². The number of nitrogens with zero attached hydrogens (tertiary/aromatic N) is 1. The molecule has 0 bridgehead atoms. The number of aliphatic imine (C=N–C) groups is 1. The fourth-order valence-electron chi connectivity index (χ4n) is 3.22. The quantitative estimate of drug-likeness (QED) is 0.424. The minimum Gasteiger partial charge on any atom is -0.493 e. The number of hydrogen-bond acceptors (Lipinski definition) is 4. The van der Waals surface area contributed by atoms with Gasteiger partial charge in [-0.05, 0) is 41.8 Å². The fourth-order valence-corrected chi connectivity index (χ4v) is 3.22. The zero-order chi connectivity index (χ0) is 22.9. The van der Waals surface area contributed by atoms with E-state index in [2.05, 4.69) is 40.9 Å². The Bertz CT molecular complexity index is 909. The summed E-state index contributed by atoms with van der Waals surface area (Å²) in [7, 11) is 6.67. The molecule has 168 valence electrons. The lowest BCUT2D eigenvalue weighted by Gasteiger charge is -2.27. The van der Waals surface area contributed by atoms with E-state index in [9.17, 15) is 4.79 Å². The van der Waals surface area contributed by atoms with Crippen LogP contribution >= 0.6 is 0 Å². The molecule has 2 aromatic rings. The van der Waals surface area contributed by atoms with Crippen LogP contribution in [0.3, 0.4) is 0 Å². The van der Waals surface area contributed by atoms with Crippen LogP contribution in [0.15, 0.2) is 47.5 Å². The van der Waals surface area contributed by atoms with Gasteiger partial charge in [-0.15, -0.1) is 0 Å². The second kappa shape index (κ2) is 11.2. The molecule has 0 unspecified atom stereocenters. The van der Waals surface area contributed by atoms with E-state index in [1.165, 1.54) is 0 Å². The van der Waals surface area contributed by atoms with Crippen LogP contribution in [0.5, 0.6) is 11.5 Å². The van der Waals surface area contributed by atoms with Gasteiger partial charge in [0.05, 0.1) is 14.2 Å². The third-order valence-electron chi connectivity index (χ3n) is 5.21. The van der Waals surface area contributed by atoms with Crippen LogP contribution in [0.25, 0.3) is 0 Å². The van der Waals surface area contributed by atoms with Gasteiger partial charge in [0.1, 0.15) is 0 Å². The van der Waals surface area contributed by atoms with Crippen LogP contribution in [0, 0.1) is 0 Å². The summed E-state index contributed by atoms with van der Waals surface area (Å²) in [5.74, 6) is 2.09. The van der Waals surface area contributed by atoms with Crippen molar-refractivity contribution in [1.82, 2.24) is 16.0 Å². The second-order valence-corrected chi connectivity index (χ2v) is 7.84. The van der Waals surface area contributed by atoms with Gasteiger partial charge in [-0.25, -0.2) is 0 Å². The van der Waals surface area contributed by atoms with Crippen LogP contribution in [0.2, 0.25) is 0 Å². The highest BCUT2D eigenvalue weighted by Crippen LogP contribution is 2.32. The molecule has 0 atom stereocenters. The van der Waals surface area contributed by atoms with Crippen LogP contribution < -0.4 is 25.4 Å². The highest BCUT2D eigenvalue weighted by atomic mass is 16.5. The monoisotopic (exact) mass is 426 g/mol. The number of carbonyl (C=O) groups excluding carboxylic acids is 1. The first-order valence-electron chi connectivity index (χ1n) is 10.3. The number of methoxy groups -OCH3 is 2. The Balaban J connectivity index is 1.92. The molecule has 7 nitrogen and oxygen atoms in total. The number of nitrogens with one attached hydrogen (secondary N) is 3. The second-order valence-electron chi connectivity index (χ2n) is 7.84. The van der Waals surface area contributed by atoms with Gasteiger partial charge in [0.15, 0.2) is 17.5 Å². The van der Waals surface area contributed by atoms with E-state index < -0.39 is 0 Å². The molecule has 1 amide bonds. The average Bonchev–Trinajstić information content (AvgIpc) is 2.80. The van der Waals surface area contributed by atoms with Crippen LogP contribution in [-0.2, 0) is 11.8 Å². The number of benzene rings is 2. The Kier molecular flexibility index (Phi) is 8.73. The van der Waals surface area contributed by atoms with Crippen molar-refractivity contribution in [3.8, 4) is 11.5 Å². The third kappa shape index (κ3) is 6.64. The maximum atomic E-state index is 11.8. The van der Waals surface area contributed by atoms with Crippen molar-refractivity contribution >= 4 is 11.9 Å². The van der Waals surface area contributed by atoms with E-state index in [1.807, 2.05) is 36.4 Å². The molecule has 0 aliphatic carbocycles. The predicted octanol–water partition coefficient (Wildman–Crippen LogP) is 2.75. The zero-order valence-corrected chi connectivity index (χ0v) is 19.3. The van der Waals surface area contributed by atoms with Crippen molar-refractivity contribution in [2.75, 3.05) is 41.4 Å². The van der Waals surface area contributed by atoms with Crippen molar-refractivity contribution in [2.45, 2.75) is 25.7 Å². The molecule has 0 heterocycles. The van der Waals surface area contributed by atoms with Crippen molar-refractivity contribution in [3.63, 3.8) is 0 Å². The molecule has 0 saturated heterocycles. The molecule has 7 heteroatoms. The summed E-state index contributed by atoms with van der Waals surface area (Å²) in [4.78, 5) is 16.1. The number of amides is 1. The van der Waals surface area contributed by atoms with E-state index in [-0.39, 0.29) is 11.3 Å². The Morgan fingerprint density at radius 1 is 1.03 bits per heavy atom. The first-order chi connectivity index (χ1) is 14.8. The summed E-state index contributed by atoms with van der Waals surface area (Å²) in [5.41, 5.74) is 2.74. The molecule has 0 aliphatic heterocycles. The van der Waals surface area contributed by atoms with Crippen molar-refractivity contribution < 1.29 is 14.3 Å². The van der Waals surface area contributed by atoms with Gasteiger partial charge in [-0.1, -0.05) is 32.0 Å². The van der Waals surface area contributed by atoms with Gasteiger partial charge >= 0.3 is 0 Å². The fraction of sp³-hybridized carbons (Fsp3) is 0.417. The summed E-state index contributed by atoms with van der Waals surface area (Å²) >= 11 is 0. The van der Waals surface area contributed by atoms with Gasteiger partial charge in [-0.2, -0.15) is 0 Å². The van der Waals surface area contributed by atoms with E-state index in [4.69, 9.17) is 9.47 Å². The summed E-state index contributed by atoms with van der Waals surface area (Å²) in [6.07, 6.45) is 0.782. The number of hydrogen-bond donors (Lipinski definition) is 3. The molecule has 0 aromatic heterocycles. The molecule has 0 saturated carbocycles. The summed E-state index contributed by atoms with van der Waals surface area (Å²) in [6, 6.07) is 13.6. The van der Waals surface area contributed by atoms with Gasteiger partial charge in [-0.3, -0.25) is 9.79 Å². The van der Waals surface area contributed by atoms with Gasteiger partial charge < -0.3 is 25.4 Å². The number of ether oxygens (including phenoxy) is 2. The average molecular weight is 427 g/mol. The lowest BCUT2D eigenvalue weighted by molar-refractivity contribution is 0.0963. The van der Waals surface area contributed by atoms with Crippen molar-refractivity contribution in [2.24, 2.45) is 4.99 Å². The molecule has 0 fully saturated rings. The number of rotatable bonds is 9. The van der Waals surface area contributed by atoms with Crippen molar-refractivity contribution in [1.29, 1.82) is 0 Å². The molecular weight excluding hydrogens is 392 g/mol. The largest absolute Gasteiger partial charge is 0.493 e. The Labute approximate surface area is 185 Å². The van der Waals surface area contributed by atoms with Crippen molar-refractivity contribution in [3.05, 3.63) is 59.2 Å². The van der Waals surface area contributed by atoms with Gasteiger partial charge in [0, 0.05) is 38.2 Å². The number of carbonyl (C=O) groups is 1. The van der Waals surface area contributed by atoms with Gasteiger partial charge in [0.2, 0.25) is 0 Å². The van der Waals surface area contributed by atoms with E-state index >= 15 is 0 Å². The molecule has 31 heavy (non-hydrogen) atoms. The molecule has 2 aromatic carbocycles. The predicted molar refractivity (Wildman–Crippen MR) is 125 cm³/mol. The first kappa shape index (κ1) is 24.1. The Morgan fingerprint density at radius 3 is 2.42 bits per heavy atom. The zero-order valence-electron chi connectivity index (χ0n) is 19.3. The van der Waals surface area contributed by atoms with E-state index in [0.717, 1.165) is 29.3 Å². The Morgan fingerprint density at radius 2 is 1.77 bits per heavy atom. The lowest BCUT2D eigenvalue weighted by Crippen LogP contribution is -2.44. The van der Waals surface area contributed by atoms with Crippen LogP contribution in [0.4, 0.5) is 0 Å². The standard InChI is InChI=1S/C24H34N4O3/c1-24(2,19-10-11-20(30-5)21(15-19)31-6)16-28-23(26-4)27-13-12-17-8-7-9-18(14-17)22(29)25-3/h7-11,14-15H,12-13,16H2,1-6H3,(H,25,29)(H2,26,27,28). The number of guanidine groups is 1. The molecule has 0 spiro atoms. The normalized spacial score (nSPS) is 11.6. The maximum Gasteiger partial charge on any atom is 0.251 e. The molecule has 2 rings (SSSR count). The third-order valence-corrected chi connectivity index (χ3v) is 5.21. The summed E-state index contributed by atoms with van der Waals surface area (Å²) in [5, 5.41) is 9.39. The summed E-state index contributed by atoms with van der Waals surface area (Å²) in [6.45, 7) is 5.72. The van der Waals surface area contributed by atoms with Crippen LogP contribution in [0.1, 0.15) is 35.3 Å². The maximum absolute atomic E-state index is 11.8. The van der Waals surface area contributed by atoms with E-state index in [1.54, 1.807) is 28.3 Å². The van der Waals surface area contributed by atoms with Gasteiger partial charge in [0.25, 0.3) is 5.91 Å². The topological polar surface area (TPSA) is 84.0 Å². The minimum absolute atomic E-state index is 0.0790. The molecule has 0 radical (unpaired) electrons. The minimum atomic E-state index is -0.154. The summed E-state index contributed by atoms with van der Waals surface area (Å²) < 4.78 is 10.8. The molecule has 3 N–H and O–H groups in total. The van der Waals surface area contributed by atoms with E-state index in [0.29, 0.717) is 24.4 Å². The first-order valence-corrected chi connectivity index (χ1v) is 10.3. The lowest BCUT2D eigenvalue weighted by atomic mass is 9.84. The highest BCUT2D eigenvalue weighted by molar-refractivity contribution is 5.94. The Hall–Kier alpha value is -3.22. The molecule has 0 aliphatic rings. The SMILES string of the molecule is CN=C(NCCc1cccc(C(=O)NC)c1)NCC(C)(C)c1ccc(OC)c(OC)c1. The molecular formula is C24H34N4O3. The smallest absolute Gasteiger partial charge is 0.251 e. The highest BCUT2D eigenvalue weighted by Gasteiger charge is 2.22.